The van der Waals surface area contributed by atoms with E-state index in [0.717, 1.165) is 18.6 Å². The second-order valence-corrected chi connectivity index (χ2v) is 4.76. The van der Waals surface area contributed by atoms with E-state index in [-0.39, 0.29) is 18.3 Å². The van der Waals surface area contributed by atoms with Crippen LogP contribution in [-0.2, 0) is 4.74 Å². The Labute approximate surface area is 102 Å². The van der Waals surface area contributed by atoms with E-state index in [1.807, 2.05) is 6.07 Å². The molecule has 1 aromatic rings. The van der Waals surface area contributed by atoms with Crippen LogP contribution in [-0.4, -0.2) is 18.3 Å². The average molecular weight is 236 g/mol. The highest BCUT2D eigenvalue weighted by Crippen LogP contribution is 2.27. The fourth-order valence-electron chi connectivity index (χ4n) is 2.26. The topological polar surface area (TPSA) is 70.5 Å². The summed E-state index contributed by atoms with van der Waals surface area (Å²) in [5, 5.41) is 0. The minimum Gasteiger partial charge on any atom is -0.490 e. The molecule has 1 heterocycles. The van der Waals surface area contributed by atoms with Gasteiger partial charge >= 0.3 is 0 Å². The van der Waals surface area contributed by atoms with Gasteiger partial charge in [0.1, 0.15) is 11.9 Å². The lowest BCUT2D eigenvalue weighted by molar-refractivity contribution is -0.0721. The number of nitrogen functional groups attached to an aromatic ring is 2. The number of hydrogen-bond donors (Lipinski definition) is 2. The highest BCUT2D eigenvalue weighted by molar-refractivity contribution is 5.65. The van der Waals surface area contributed by atoms with Crippen molar-refractivity contribution in [3.05, 3.63) is 18.2 Å². The van der Waals surface area contributed by atoms with Gasteiger partial charge < -0.3 is 20.9 Å². The SMILES string of the molecule is CC1CC(Oc2ccc(N)c(N)c2)CC(C)O1. The Hall–Kier alpha value is -1.42. The zero-order valence-corrected chi connectivity index (χ0v) is 10.3. The number of anilines is 2. The molecule has 0 aromatic heterocycles. The van der Waals surface area contributed by atoms with Crippen molar-refractivity contribution in [2.75, 3.05) is 11.5 Å². The van der Waals surface area contributed by atoms with Gasteiger partial charge in [-0.2, -0.15) is 0 Å². The Kier molecular flexibility index (Phi) is 3.43. The molecule has 94 valence electrons. The lowest BCUT2D eigenvalue weighted by Gasteiger charge is -2.32. The summed E-state index contributed by atoms with van der Waals surface area (Å²) in [6.45, 7) is 4.15. The van der Waals surface area contributed by atoms with Crippen molar-refractivity contribution in [2.24, 2.45) is 0 Å². The molecule has 0 aliphatic carbocycles. The lowest BCUT2D eigenvalue weighted by atomic mass is 10.0. The lowest BCUT2D eigenvalue weighted by Crippen LogP contribution is -2.35. The van der Waals surface area contributed by atoms with E-state index >= 15 is 0 Å². The van der Waals surface area contributed by atoms with E-state index in [4.69, 9.17) is 20.9 Å². The quantitative estimate of drug-likeness (QED) is 0.772. The summed E-state index contributed by atoms with van der Waals surface area (Å²) in [6, 6.07) is 5.41. The molecule has 2 unspecified atom stereocenters. The molecule has 2 atom stereocenters. The Balaban J connectivity index is 2.02. The molecule has 2 rings (SSSR count). The molecule has 0 spiro atoms. The molecule has 0 amide bonds. The summed E-state index contributed by atoms with van der Waals surface area (Å²) >= 11 is 0. The van der Waals surface area contributed by atoms with Gasteiger partial charge in [-0.15, -0.1) is 0 Å². The van der Waals surface area contributed by atoms with Gasteiger partial charge in [-0.3, -0.25) is 0 Å². The third-order valence-electron chi connectivity index (χ3n) is 3.02. The van der Waals surface area contributed by atoms with Crippen molar-refractivity contribution in [2.45, 2.75) is 45.0 Å². The molecule has 1 aliphatic heterocycles. The molecule has 1 aliphatic rings. The molecule has 17 heavy (non-hydrogen) atoms. The fourth-order valence-corrected chi connectivity index (χ4v) is 2.26. The van der Waals surface area contributed by atoms with Crippen LogP contribution >= 0.6 is 0 Å². The third kappa shape index (κ3) is 3.03. The maximum absolute atomic E-state index is 5.92. The van der Waals surface area contributed by atoms with Crippen LogP contribution in [0.3, 0.4) is 0 Å². The van der Waals surface area contributed by atoms with Gasteiger partial charge in [0.15, 0.2) is 0 Å². The van der Waals surface area contributed by atoms with Gasteiger partial charge in [0.2, 0.25) is 0 Å². The minimum absolute atomic E-state index is 0.191. The maximum Gasteiger partial charge on any atom is 0.121 e. The second kappa shape index (κ2) is 4.84. The predicted octanol–water partition coefficient (Wildman–Crippen LogP) is 2.19. The molecule has 1 aromatic carbocycles. The first-order chi connectivity index (χ1) is 8.04. The van der Waals surface area contributed by atoms with Crippen molar-refractivity contribution in [1.82, 2.24) is 0 Å². The van der Waals surface area contributed by atoms with Crippen molar-refractivity contribution < 1.29 is 9.47 Å². The van der Waals surface area contributed by atoms with Gasteiger partial charge in [-0.05, 0) is 26.0 Å². The molecule has 0 saturated carbocycles. The third-order valence-corrected chi connectivity index (χ3v) is 3.02. The van der Waals surface area contributed by atoms with E-state index < -0.39 is 0 Å². The average Bonchev–Trinajstić information content (AvgIpc) is 2.22. The van der Waals surface area contributed by atoms with Crippen LogP contribution in [0.25, 0.3) is 0 Å². The van der Waals surface area contributed by atoms with Gasteiger partial charge in [0.25, 0.3) is 0 Å². The zero-order chi connectivity index (χ0) is 12.4. The molecule has 0 radical (unpaired) electrons. The Bertz CT molecular complexity index is 385. The minimum atomic E-state index is 0.191. The van der Waals surface area contributed by atoms with E-state index in [2.05, 4.69) is 13.8 Å². The summed E-state index contributed by atoms with van der Waals surface area (Å²) in [4.78, 5) is 0. The van der Waals surface area contributed by atoms with Gasteiger partial charge in [-0.25, -0.2) is 0 Å². The van der Waals surface area contributed by atoms with E-state index in [1.54, 1.807) is 12.1 Å². The Morgan fingerprint density at radius 3 is 2.35 bits per heavy atom. The summed E-state index contributed by atoms with van der Waals surface area (Å²) in [7, 11) is 0. The van der Waals surface area contributed by atoms with E-state index in [9.17, 15) is 0 Å². The van der Waals surface area contributed by atoms with Crippen LogP contribution in [0.4, 0.5) is 11.4 Å². The highest BCUT2D eigenvalue weighted by atomic mass is 16.5. The second-order valence-electron chi connectivity index (χ2n) is 4.76. The first-order valence-corrected chi connectivity index (χ1v) is 6.01. The van der Waals surface area contributed by atoms with E-state index in [1.165, 1.54) is 0 Å². The van der Waals surface area contributed by atoms with Crippen molar-refractivity contribution in [3.63, 3.8) is 0 Å². The van der Waals surface area contributed by atoms with Crippen LogP contribution in [0, 0.1) is 0 Å². The monoisotopic (exact) mass is 236 g/mol. The highest BCUT2D eigenvalue weighted by Gasteiger charge is 2.25. The molecular weight excluding hydrogens is 216 g/mol. The summed E-state index contributed by atoms with van der Waals surface area (Å²) in [5.41, 5.74) is 12.6. The van der Waals surface area contributed by atoms with Gasteiger partial charge in [0.05, 0.1) is 23.6 Å². The van der Waals surface area contributed by atoms with Crippen molar-refractivity contribution in [3.8, 4) is 5.75 Å². The molecule has 4 nitrogen and oxygen atoms in total. The molecule has 4 heteroatoms. The Morgan fingerprint density at radius 1 is 1.12 bits per heavy atom. The van der Waals surface area contributed by atoms with Crippen LogP contribution in [0.1, 0.15) is 26.7 Å². The number of benzene rings is 1. The Morgan fingerprint density at radius 2 is 1.76 bits per heavy atom. The van der Waals surface area contributed by atoms with Crippen LogP contribution in [0.15, 0.2) is 18.2 Å². The molecule has 0 bridgehead atoms. The zero-order valence-electron chi connectivity index (χ0n) is 10.3. The first kappa shape index (κ1) is 12.0. The number of ether oxygens (including phenoxy) is 2. The van der Waals surface area contributed by atoms with Gasteiger partial charge in [-0.1, -0.05) is 0 Å². The van der Waals surface area contributed by atoms with Crippen molar-refractivity contribution in [1.29, 1.82) is 0 Å². The summed E-state index contributed by atoms with van der Waals surface area (Å²) in [6.07, 6.45) is 2.50. The first-order valence-electron chi connectivity index (χ1n) is 6.01. The molecule has 1 saturated heterocycles. The number of hydrogen-bond acceptors (Lipinski definition) is 4. The van der Waals surface area contributed by atoms with Crippen LogP contribution in [0.5, 0.6) is 5.75 Å². The number of rotatable bonds is 2. The van der Waals surface area contributed by atoms with Gasteiger partial charge in [0, 0.05) is 18.9 Å². The molecule has 1 fully saturated rings. The number of nitrogens with two attached hydrogens (primary N) is 2. The normalized spacial score (nSPS) is 28.9. The van der Waals surface area contributed by atoms with E-state index in [0.29, 0.717) is 11.4 Å². The maximum atomic E-state index is 5.92. The standard InChI is InChI=1S/C13H20N2O2/c1-8-5-11(6-9(2)16-8)17-10-3-4-12(14)13(15)7-10/h3-4,7-9,11H,5-6,14-15H2,1-2H3. The fraction of sp³-hybridized carbons (Fsp3) is 0.538. The summed E-state index contributed by atoms with van der Waals surface area (Å²) in [5.74, 6) is 0.781. The van der Waals surface area contributed by atoms with Crippen LogP contribution in [0.2, 0.25) is 0 Å². The van der Waals surface area contributed by atoms with Crippen LogP contribution < -0.4 is 16.2 Å². The smallest absolute Gasteiger partial charge is 0.121 e. The molecule has 4 N–H and O–H groups in total. The van der Waals surface area contributed by atoms with Crippen molar-refractivity contribution >= 4 is 11.4 Å². The largest absolute Gasteiger partial charge is 0.490 e. The molecular formula is C13H20N2O2. The summed E-state index contributed by atoms with van der Waals surface area (Å²) < 4.78 is 11.6. The predicted molar refractivity (Wildman–Crippen MR) is 68.9 cm³/mol.